The first kappa shape index (κ1) is 13.9. The molecule has 23 heavy (non-hydrogen) atoms. The molecule has 4 rings (SSSR count). The van der Waals surface area contributed by atoms with Crippen LogP contribution in [0, 0.1) is 5.82 Å². The lowest BCUT2D eigenvalue weighted by atomic mass is 10.1. The Kier molecular flexibility index (Phi) is 3.32. The van der Waals surface area contributed by atoms with Gasteiger partial charge in [0.2, 0.25) is 0 Å². The minimum atomic E-state index is -0.269. The van der Waals surface area contributed by atoms with E-state index in [0.29, 0.717) is 5.02 Å². The van der Waals surface area contributed by atoms with E-state index in [9.17, 15) is 4.39 Å². The molecule has 0 amide bonds. The van der Waals surface area contributed by atoms with Crippen molar-refractivity contribution in [2.45, 2.75) is 0 Å². The first-order valence-corrected chi connectivity index (χ1v) is 7.45. The summed E-state index contributed by atoms with van der Waals surface area (Å²) in [6, 6.07) is 15.7. The van der Waals surface area contributed by atoms with E-state index in [1.165, 1.54) is 12.1 Å². The number of hydrogen-bond donors (Lipinski definition) is 0. The molecule has 0 saturated carbocycles. The quantitative estimate of drug-likeness (QED) is 0.526. The molecule has 2 heterocycles. The fourth-order valence-electron chi connectivity index (χ4n) is 2.59. The topological polar surface area (TPSA) is 30.7 Å². The molecule has 5 heteroatoms. The summed E-state index contributed by atoms with van der Waals surface area (Å²) in [6.07, 6.45) is 3.43. The van der Waals surface area contributed by atoms with Gasteiger partial charge in [-0.05, 0) is 54.6 Å². The number of hydrogen-bond acceptors (Lipinski definition) is 2. The monoisotopic (exact) mass is 323 g/mol. The van der Waals surface area contributed by atoms with E-state index >= 15 is 0 Å². The van der Waals surface area contributed by atoms with Crippen molar-refractivity contribution in [2.75, 3.05) is 0 Å². The van der Waals surface area contributed by atoms with Crippen LogP contribution in [0.5, 0.6) is 0 Å². The third-order valence-corrected chi connectivity index (χ3v) is 3.90. The van der Waals surface area contributed by atoms with Crippen LogP contribution >= 0.6 is 11.6 Å². The molecular formula is C18H11ClFN3. The van der Waals surface area contributed by atoms with Crippen LogP contribution in [0.15, 0.2) is 67.0 Å². The maximum absolute atomic E-state index is 13.2. The van der Waals surface area contributed by atoms with Gasteiger partial charge in [-0.1, -0.05) is 11.6 Å². The van der Waals surface area contributed by atoms with Crippen LogP contribution in [0.3, 0.4) is 0 Å². The van der Waals surface area contributed by atoms with Gasteiger partial charge in [-0.25, -0.2) is 9.07 Å². The number of pyridine rings is 1. The molecule has 2 aromatic heterocycles. The Morgan fingerprint density at radius 2 is 1.65 bits per heavy atom. The third-order valence-electron chi connectivity index (χ3n) is 3.67. The van der Waals surface area contributed by atoms with Gasteiger partial charge >= 0.3 is 0 Å². The van der Waals surface area contributed by atoms with Gasteiger partial charge in [-0.15, -0.1) is 0 Å². The average molecular weight is 324 g/mol. The molecule has 112 valence electrons. The second-order valence-electron chi connectivity index (χ2n) is 5.13. The van der Waals surface area contributed by atoms with Crippen molar-refractivity contribution in [3.63, 3.8) is 0 Å². The molecule has 0 fully saturated rings. The smallest absolute Gasteiger partial charge is 0.123 e. The summed E-state index contributed by atoms with van der Waals surface area (Å²) in [6.45, 7) is 0. The van der Waals surface area contributed by atoms with Crippen molar-refractivity contribution < 1.29 is 4.39 Å². The van der Waals surface area contributed by atoms with Gasteiger partial charge in [0, 0.05) is 28.4 Å². The SMILES string of the molecule is Fc1ccc(-c2nn(-c3ccncc3)c3cc(Cl)ccc23)cc1. The minimum absolute atomic E-state index is 0.269. The van der Waals surface area contributed by atoms with Crippen LogP contribution in [-0.2, 0) is 0 Å². The number of aromatic nitrogens is 3. The van der Waals surface area contributed by atoms with Crippen LogP contribution in [-0.4, -0.2) is 14.8 Å². The van der Waals surface area contributed by atoms with Gasteiger partial charge in [0.25, 0.3) is 0 Å². The molecule has 4 aromatic rings. The fourth-order valence-corrected chi connectivity index (χ4v) is 2.76. The van der Waals surface area contributed by atoms with E-state index in [0.717, 1.165) is 27.8 Å². The normalized spacial score (nSPS) is 11.0. The van der Waals surface area contributed by atoms with Crippen LogP contribution < -0.4 is 0 Å². The number of rotatable bonds is 2. The fraction of sp³-hybridized carbons (Fsp3) is 0. The predicted octanol–water partition coefficient (Wildman–Crippen LogP) is 4.88. The Hall–Kier alpha value is -2.72. The standard InChI is InChI=1S/C18H11ClFN3/c19-13-3-6-16-17(11-13)23(15-7-9-21-10-8-15)22-18(16)12-1-4-14(20)5-2-12/h1-11H. The second-order valence-corrected chi connectivity index (χ2v) is 5.57. The Labute approximate surface area is 137 Å². The van der Waals surface area contributed by atoms with E-state index in [1.54, 1.807) is 24.5 Å². The molecule has 0 atom stereocenters. The van der Waals surface area contributed by atoms with Crippen molar-refractivity contribution >= 4 is 22.5 Å². The summed E-state index contributed by atoms with van der Waals surface area (Å²) >= 11 is 6.15. The summed E-state index contributed by atoms with van der Waals surface area (Å²) in [5, 5.41) is 6.30. The van der Waals surface area contributed by atoms with Gasteiger partial charge in [0.1, 0.15) is 11.5 Å². The van der Waals surface area contributed by atoms with Crippen LogP contribution in [0.4, 0.5) is 4.39 Å². The van der Waals surface area contributed by atoms with Gasteiger partial charge in [-0.2, -0.15) is 5.10 Å². The van der Waals surface area contributed by atoms with Crippen molar-refractivity contribution in [1.82, 2.24) is 14.8 Å². The highest BCUT2D eigenvalue weighted by molar-refractivity contribution is 6.31. The van der Waals surface area contributed by atoms with E-state index < -0.39 is 0 Å². The number of halogens is 2. The zero-order valence-corrected chi connectivity index (χ0v) is 12.7. The molecule has 0 unspecified atom stereocenters. The highest BCUT2D eigenvalue weighted by atomic mass is 35.5. The lowest BCUT2D eigenvalue weighted by molar-refractivity contribution is 0.628. The Morgan fingerprint density at radius 1 is 0.913 bits per heavy atom. The highest BCUT2D eigenvalue weighted by Gasteiger charge is 2.14. The van der Waals surface area contributed by atoms with E-state index in [1.807, 2.05) is 35.0 Å². The molecule has 0 N–H and O–H groups in total. The molecular weight excluding hydrogens is 313 g/mol. The molecule has 0 radical (unpaired) electrons. The maximum atomic E-state index is 13.2. The van der Waals surface area contributed by atoms with Crippen LogP contribution in [0.1, 0.15) is 0 Å². The molecule has 2 aromatic carbocycles. The molecule has 0 aliphatic carbocycles. The first-order valence-electron chi connectivity index (χ1n) is 7.07. The molecule has 3 nitrogen and oxygen atoms in total. The minimum Gasteiger partial charge on any atom is -0.265 e. The zero-order chi connectivity index (χ0) is 15.8. The summed E-state index contributed by atoms with van der Waals surface area (Å²) < 4.78 is 15.0. The molecule has 0 saturated heterocycles. The molecule has 0 spiro atoms. The first-order chi connectivity index (χ1) is 11.2. The van der Waals surface area contributed by atoms with Crippen LogP contribution in [0.25, 0.3) is 27.8 Å². The van der Waals surface area contributed by atoms with Crippen molar-refractivity contribution in [3.05, 3.63) is 77.8 Å². The van der Waals surface area contributed by atoms with E-state index in [-0.39, 0.29) is 5.82 Å². The van der Waals surface area contributed by atoms with Crippen molar-refractivity contribution in [1.29, 1.82) is 0 Å². The molecule has 0 aliphatic rings. The van der Waals surface area contributed by atoms with Gasteiger partial charge in [0.15, 0.2) is 0 Å². The second kappa shape index (κ2) is 5.48. The number of benzene rings is 2. The van der Waals surface area contributed by atoms with Gasteiger partial charge < -0.3 is 0 Å². The Bertz CT molecular complexity index is 979. The molecule has 0 bridgehead atoms. The molecule has 0 aliphatic heterocycles. The summed E-state index contributed by atoms with van der Waals surface area (Å²) in [5.74, 6) is -0.269. The van der Waals surface area contributed by atoms with Crippen LogP contribution in [0.2, 0.25) is 5.02 Å². The third kappa shape index (κ3) is 2.47. The predicted molar refractivity (Wildman–Crippen MR) is 89.3 cm³/mol. The largest absolute Gasteiger partial charge is 0.265 e. The summed E-state index contributed by atoms with van der Waals surface area (Å²) in [5.41, 5.74) is 3.42. The highest BCUT2D eigenvalue weighted by Crippen LogP contribution is 2.31. The van der Waals surface area contributed by atoms with Gasteiger partial charge in [0.05, 0.1) is 11.2 Å². The van der Waals surface area contributed by atoms with E-state index in [4.69, 9.17) is 16.7 Å². The average Bonchev–Trinajstić information content (AvgIpc) is 2.95. The maximum Gasteiger partial charge on any atom is 0.123 e. The summed E-state index contributed by atoms with van der Waals surface area (Å²) in [7, 11) is 0. The lowest BCUT2D eigenvalue weighted by Crippen LogP contribution is -1.96. The zero-order valence-electron chi connectivity index (χ0n) is 11.9. The Balaban J connectivity index is 2.01. The number of nitrogens with zero attached hydrogens (tertiary/aromatic N) is 3. The summed E-state index contributed by atoms with van der Waals surface area (Å²) in [4.78, 5) is 4.03. The Morgan fingerprint density at radius 3 is 2.39 bits per heavy atom. The van der Waals surface area contributed by atoms with Gasteiger partial charge in [-0.3, -0.25) is 4.98 Å². The number of fused-ring (bicyclic) bond motifs is 1. The lowest BCUT2D eigenvalue weighted by Gasteiger charge is -2.02. The van der Waals surface area contributed by atoms with Crippen molar-refractivity contribution in [2.24, 2.45) is 0 Å². The van der Waals surface area contributed by atoms with E-state index in [2.05, 4.69) is 4.98 Å². The van der Waals surface area contributed by atoms with Crippen molar-refractivity contribution in [3.8, 4) is 16.9 Å².